The number of piperazine rings is 1. The van der Waals surface area contributed by atoms with Crippen molar-refractivity contribution in [3.63, 3.8) is 0 Å². The van der Waals surface area contributed by atoms with Gasteiger partial charge in [-0.2, -0.15) is 0 Å². The van der Waals surface area contributed by atoms with Gasteiger partial charge in [0.05, 0.1) is 11.1 Å². The molecule has 1 atom stereocenters. The number of amides is 2. The molecule has 0 bridgehead atoms. The molecular formula is C19H21ClN4O2. The molecule has 1 saturated heterocycles. The van der Waals surface area contributed by atoms with Crippen LogP contribution in [0.5, 0.6) is 0 Å². The van der Waals surface area contributed by atoms with Crippen molar-refractivity contribution in [1.82, 2.24) is 20.1 Å². The molecule has 3 heterocycles. The normalized spacial score (nSPS) is 20.0. The van der Waals surface area contributed by atoms with Crippen molar-refractivity contribution < 1.29 is 9.59 Å². The van der Waals surface area contributed by atoms with E-state index >= 15 is 0 Å². The van der Waals surface area contributed by atoms with Crippen LogP contribution in [0, 0.1) is 0 Å². The summed E-state index contributed by atoms with van der Waals surface area (Å²) < 4.78 is 0. The van der Waals surface area contributed by atoms with Gasteiger partial charge >= 0.3 is 0 Å². The van der Waals surface area contributed by atoms with Crippen LogP contribution in [0.2, 0.25) is 0 Å². The number of carbonyl (C=O) groups is 2. The number of pyridine rings is 1. The van der Waals surface area contributed by atoms with Crippen LogP contribution in [0.25, 0.3) is 0 Å². The van der Waals surface area contributed by atoms with Crippen LogP contribution in [-0.4, -0.2) is 59.3 Å². The van der Waals surface area contributed by atoms with Crippen molar-refractivity contribution in [2.45, 2.75) is 6.04 Å². The zero-order valence-electron chi connectivity index (χ0n) is 14.3. The first-order valence-corrected chi connectivity index (χ1v) is 8.55. The highest BCUT2D eigenvalue weighted by Gasteiger charge is 2.35. The number of hydrogen-bond acceptors (Lipinski definition) is 5. The molecule has 26 heavy (non-hydrogen) atoms. The van der Waals surface area contributed by atoms with E-state index in [0.717, 1.165) is 19.6 Å². The van der Waals surface area contributed by atoms with E-state index < -0.39 is 0 Å². The minimum Gasteiger partial charge on any atom is -0.314 e. The lowest BCUT2D eigenvalue weighted by molar-refractivity contribution is 0.0614. The first kappa shape index (κ1) is 18.5. The lowest BCUT2D eigenvalue weighted by Gasteiger charge is -2.37. The zero-order chi connectivity index (χ0) is 17.2. The standard InChI is InChI=1S/C19H20N4O2.ClH/c24-18-15-3-1-2-4-16(15)19(25)23(18)12-11-22-10-9-21-13-17(22)14-5-7-20-8-6-14;/h1-8,17,21H,9-13H2;1H. The Labute approximate surface area is 158 Å². The lowest BCUT2D eigenvalue weighted by atomic mass is 10.0. The molecule has 4 rings (SSSR count). The molecule has 1 fully saturated rings. The molecule has 1 unspecified atom stereocenters. The topological polar surface area (TPSA) is 65.5 Å². The SMILES string of the molecule is Cl.O=C1c2ccccc2C(=O)N1CCN1CCNCC1c1ccncc1. The van der Waals surface area contributed by atoms with Crippen LogP contribution in [0.4, 0.5) is 0 Å². The van der Waals surface area contributed by atoms with Crippen LogP contribution in [0.1, 0.15) is 32.3 Å². The fraction of sp³-hybridized carbons (Fsp3) is 0.316. The Morgan fingerprint density at radius 2 is 1.65 bits per heavy atom. The van der Waals surface area contributed by atoms with Crippen molar-refractivity contribution in [3.05, 3.63) is 65.5 Å². The van der Waals surface area contributed by atoms with E-state index in [2.05, 4.69) is 15.2 Å². The number of nitrogens with one attached hydrogen (secondary N) is 1. The third-order valence-corrected chi connectivity index (χ3v) is 4.93. The van der Waals surface area contributed by atoms with Crippen molar-refractivity contribution in [1.29, 1.82) is 0 Å². The molecule has 0 saturated carbocycles. The zero-order valence-corrected chi connectivity index (χ0v) is 15.1. The van der Waals surface area contributed by atoms with Gasteiger partial charge in [-0.1, -0.05) is 12.1 Å². The van der Waals surface area contributed by atoms with Crippen LogP contribution in [0.3, 0.4) is 0 Å². The number of halogens is 1. The highest BCUT2D eigenvalue weighted by Crippen LogP contribution is 2.24. The molecule has 2 aromatic rings. The van der Waals surface area contributed by atoms with Crippen LogP contribution < -0.4 is 5.32 Å². The number of imide groups is 1. The molecule has 136 valence electrons. The number of carbonyl (C=O) groups excluding carboxylic acids is 2. The summed E-state index contributed by atoms with van der Waals surface area (Å²) in [4.78, 5) is 32.8. The minimum absolute atomic E-state index is 0. The highest BCUT2D eigenvalue weighted by molar-refractivity contribution is 6.21. The number of fused-ring (bicyclic) bond motifs is 1. The van der Waals surface area contributed by atoms with E-state index in [1.165, 1.54) is 10.5 Å². The average Bonchev–Trinajstić information content (AvgIpc) is 2.92. The molecule has 0 spiro atoms. The van der Waals surface area contributed by atoms with Gasteiger partial charge in [-0.15, -0.1) is 12.4 Å². The summed E-state index contributed by atoms with van der Waals surface area (Å²) in [7, 11) is 0. The van der Waals surface area contributed by atoms with E-state index in [0.29, 0.717) is 24.2 Å². The van der Waals surface area contributed by atoms with Gasteiger partial charge in [-0.05, 0) is 29.8 Å². The summed E-state index contributed by atoms with van der Waals surface area (Å²) in [5.41, 5.74) is 2.22. The van der Waals surface area contributed by atoms with E-state index in [1.54, 1.807) is 36.7 Å². The van der Waals surface area contributed by atoms with Gasteiger partial charge in [-0.3, -0.25) is 24.4 Å². The Bertz CT molecular complexity index is 764. The number of rotatable bonds is 4. The molecule has 1 aromatic carbocycles. The fourth-order valence-electron chi connectivity index (χ4n) is 3.60. The van der Waals surface area contributed by atoms with E-state index in [4.69, 9.17) is 0 Å². The summed E-state index contributed by atoms with van der Waals surface area (Å²) in [6.07, 6.45) is 3.60. The Morgan fingerprint density at radius 1 is 1.00 bits per heavy atom. The molecule has 0 aliphatic carbocycles. The third kappa shape index (κ3) is 3.35. The maximum atomic E-state index is 12.5. The van der Waals surface area contributed by atoms with Crippen molar-refractivity contribution in [2.24, 2.45) is 0 Å². The van der Waals surface area contributed by atoms with Gasteiger partial charge < -0.3 is 5.32 Å². The molecule has 2 amide bonds. The van der Waals surface area contributed by atoms with Gasteiger partial charge in [0.1, 0.15) is 0 Å². The summed E-state index contributed by atoms with van der Waals surface area (Å²) in [5.74, 6) is -0.368. The summed E-state index contributed by atoms with van der Waals surface area (Å²) in [6.45, 7) is 3.72. The number of aromatic nitrogens is 1. The van der Waals surface area contributed by atoms with Gasteiger partial charge in [-0.25, -0.2) is 0 Å². The number of nitrogens with zero attached hydrogens (tertiary/aromatic N) is 3. The van der Waals surface area contributed by atoms with Crippen LogP contribution in [-0.2, 0) is 0 Å². The van der Waals surface area contributed by atoms with Gasteiger partial charge in [0.2, 0.25) is 0 Å². The predicted octanol–water partition coefficient (Wildman–Crippen LogP) is 1.75. The third-order valence-electron chi connectivity index (χ3n) is 4.93. The Kier molecular flexibility index (Phi) is 5.66. The maximum absolute atomic E-state index is 12.5. The fourth-order valence-corrected chi connectivity index (χ4v) is 3.60. The van der Waals surface area contributed by atoms with E-state index in [1.807, 2.05) is 12.1 Å². The molecule has 1 N–H and O–H groups in total. The van der Waals surface area contributed by atoms with Crippen LogP contribution >= 0.6 is 12.4 Å². The largest absolute Gasteiger partial charge is 0.314 e. The molecule has 0 radical (unpaired) electrons. The second kappa shape index (κ2) is 7.95. The first-order valence-electron chi connectivity index (χ1n) is 8.55. The highest BCUT2D eigenvalue weighted by atomic mass is 35.5. The van der Waals surface area contributed by atoms with Crippen LogP contribution in [0.15, 0.2) is 48.8 Å². The predicted molar refractivity (Wildman–Crippen MR) is 100 cm³/mol. The smallest absolute Gasteiger partial charge is 0.261 e. The summed E-state index contributed by atoms with van der Waals surface area (Å²) in [5, 5.41) is 3.41. The quantitative estimate of drug-likeness (QED) is 0.828. The minimum atomic E-state index is -0.184. The monoisotopic (exact) mass is 372 g/mol. The molecular weight excluding hydrogens is 352 g/mol. The maximum Gasteiger partial charge on any atom is 0.261 e. The van der Waals surface area contributed by atoms with Crippen molar-refractivity contribution in [3.8, 4) is 0 Å². The van der Waals surface area contributed by atoms with Gasteiger partial charge in [0.15, 0.2) is 0 Å². The molecule has 6 nitrogen and oxygen atoms in total. The lowest BCUT2D eigenvalue weighted by Crippen LogP contribution is -2.49. The Hall–Kier alpha value is -2.28. The second-order valence-electron chi connectivity index (χ2n) is 6.34. The number of hydrogen-bond donors (Lipinski definition) is 1. The number of benzene rings is 1. The van der Waals surface area contributed by atoms with E-state index in [9.17, 15) is 9.59 Å². The second-order valence-corrected chi connectivity index (χ2v) is 6.34. The first-order chi connectivity index (χ1) is 12.3. The van der Waals surface area contributed by atoms with E-state index in [-0.39, 0.29) is 30.3 Å². The van der Waals surface area contributed by atoms with Gasteiger partial charge in [0, 0.05) is 51.2 Å². The van der Waals surface area contributed by atoms with Crippen molar-refractivity contribution in [2.75, 3.05) is 32.7 Å². The van der Waals surface area contributed by atoms with Crippen molar-refractivity contribution >= 4 is 24.2 Å². The molecule has 1 aromatic heterocycles. The summed E-state index contributed by atoms with van der Waals surface area (Å²) >= 11 is 0. The Balaban J connectivity index is 0.00000196. The Morgan fingerprint density at radius 3 is 2.31 bits per heavy atom. The average molecular weight is 373 g/mol. The summed E-state index contributed by atoms with van der Waals surface area (Å²) in [6, 6.07) is 11.3. The van der Waals surface area contributed by atoms with Gasteiger partial charge in [0.25, 0.3) is 11.8 Å². The molecule has 7 heteroatoms. The molecule has 2 aliphatic rings. The molecule has 2 aliphatic heterocycles.